The van der Waals surface area contributed by atoms with Gasteiger partial charge in [0.25, 0.3) is 0 Å². The minimum absolute atomic E-state index is 0.0437. The molecule has 1 saturated heterocycles. The number of allylic oxidation sites excluding steroid dienone is 1. The third-order valence-electron chi connectivity index (χ3n) is 4.78. The Bertz CT molecular complexity index is 846. The first-order valence-corrected chi connectivity index (χ1v) is 9.74. The van der Waals surface area contributed by atoms with E-state index < -0.39 is 0 Å². The van der Waals surface area contributed by atoms with Gasteiger partial charge < -0.3 is 9.64 Å². The standard InChI is InChI=1S/C19H25N5O2S/c1-3-11-23-17(15-7-9-20-10-8-15)21-24(19(23)27)14-22-12-5-6-16(13-22)18(25)26-4-2/h3,7-10,16H,1,4-6,11-14H2,2H3/p+1/t16-/m0/s1. The van der Waals surface area contributed by atoms with Gasteiger partial charge in [0.2, 0.25) is 4.77 Å². The zero-order valence-corrected chi connectivity index (χ0v) is 16.5. The quantitative estimate of drug-likeness (QED) is 0.442. The number of rotatable bonds is 7. The first-order valence-electron chi connectivity index (χ1n) is 9.33. The van der Waals surface area contributed by atoms with E-state index in [-0.39, 0.29) is 11.9 Å². The molecule has 1 unspecified atom stereocenters. The molecule has 1 N–H and O–H groups in total. The summed E-state index contributed by atoms with van der Waals surface area (Å²) in [6.45, 7) is 9.08. The molecule has 2 atom stereocenters. The number of hydrogen-bond donors (Lipinski definition) is 1. The number of carbonyl (C=O) groups excluding carboxylic acids is 1. The molecule has 0 aromatic carbocycles. The van der Waals surface area contributed by atoms with Gasteiger partial charge in [-0.2, -0.15) is 4.68 Å². The van der Waals surface area contributed by atoms with Crippen molar-refractivity contribution in [2.75, 3.05) is 19.7 Å². The monoisotopic (exact) mass is 388 g/mol. The van der Waals surface area contributed by atoms with E-state index in [4.69, 9.17) is 22.1 Å². The van der Waals surface area contributed by atoms with Gasteiger partial charge >= 0.3 is 5.97 Å². The third kappa shape index (κ3) is 4.51. The van der Waals surface area contributed by atoms with Crippen LogP contribution in [0.15, 0.2) is 37.2 Å². The summed E-state index contributed by atoms with van der Waals surface area (Å²) >= 11 is 5.66. The summed E-state index contributed by atoms with van der Waals surface area (Å²) in [5.74, 6) is 0.673. The van der Waals surface area contributed by atoms with Crippen molar-refractivity contribution >= 4 is 18.2 Å². The summed E-state index contributed by atoms with van der Waals surface area (Å²) in [5, 5.41) is 4.76. The number of esters is 1. The van der Waals surface area contributed by atoms with Crippen LogP contribution >= 0.6 is 12.2 Å². The van der Waals surface area contributed by atoms with E-state index in [1.807, 2.05) is 34.4 Å². The maximum Gasteiger partial charge on any atom is 0.314 e. The molecule has 0 bridgehead atoms. The lowest BCUT2D eigenvalue weighted by Gasteiger charge is -2.28. The molecule has 0 aliphatic carbocycles. The third-order valence-corrected chi connectivity index (χ3v) is 5.22. The van der Waals surface area contributed by atoms with Gasteiger partial charge in [-0.15, -0.1) is 11.7 Å². The lowest BCUT2D eigenvalue weighted by molar-refractivity contribution is -0.930. The molecule has 0 radical (unpaired) electrons. The highest BCUT2D eigenvalue weighted by atomic mass is 32.1. The molecular weight excluding hydrogens is 362 g/mol. The molecule has 144 valence electrons. The van der Waals surface area contributed by atoms with E-state index in [0.717, 1.165) is 37.3 Å². The molecular formula is C19H26N5O2S+. The highest BCUT2D eigenvalue weighted by molar-refractivity contribution is 7.71. The van der Waals surface area contributed by atoms with E-state index in [1.54, 1.807) is 12.4 Å². The van der Waals surface area contributed by atoms with Crippen LogP contribution in [0.2, 0.25) is 0 Å². The van der Waals surface area contributed by atoms with Crippen LogP contribution in [0.25, 0.3) is 11.4 Å². The van der Waals surface area contributed by atoms with Gasteiger partial charge in [-0.25, -0.2) is 0 Å². The maximum atomic E-state index is 12.1. The second-order valence-electron chi connectivity index (χ2n) is 6.69. The Balaban J connectivity index is 1.82. The molecule has 0 saturated carbocycles. The largest absolute Gasteiger partial charge is 0.466 e. The Morgan fingerprint density at radius 2 is 2.26 bits per heavy atom. The van der Waals surface area contributed by atoms with Crippen LogP contribution in [0.3, 0.4) is 0 Å². The Kier molecular flexibility index (Phi) is 6.52. The average Bonchev–Trinajstić information content (AvgIpc) is 2.99. The van der Waals surface area contributed by atoms with Crippen molar-refractivity contribution in [1.82, 2.24) is 19.3 Å². The van der Waals surface area contributed by atoms with Crippen molar-refractivity contribution in [2.24, 2.45) is 5.92 Å². The molecule has 0 amide bonds. The molecule has 2 aromatic rings. The Labute approximate surface area is 164 Å². The molecule has 1 fully saturated rings. The first-order chi connectivity index (χ1) is 13.1. The number of carbonyl (C=O) groups is 1. The molecule has 1 aliphatic rings. The van der Waals surface area contributed by atoms with E-state index in [2.05, 4.69) is 11.6 Å². The zero-order valence-electron chi connectivity index (χ0n) is 15.6. The summed E-state index contributed by atoms with van der Waals surface area (Å²) in [5.41, 5.74) is 0.967. The van der Waals surface area contributed by atoms with Crippen LogP contribution in [0.5, 0.6) is 0 Å². The highest BCUT2D eigenvalue weighted by Crippen LogP contribution is 2.17. The van der Waals surface area contributed by atoms with E-state index in [1.165, 1.54) is 4.90 Å². The van der Waals surface area contributed by atoms with E-state index in [9.17, 15) is 4.79 Å². The lowest BCUT2D eigenvalue weighted by atomic mass is 9.99. The van der Waals surface area contributed by atoms with Crippen LogP contribution in [0.4, 0.5) is 0 Å². The van der Waals surface area contributed by atoms with Crippen LogP contribution in [0, 0.1) is 10.7 Å². The van der Waals surface area contributed by atoms with Crippen molar-refractivity contribution in [2.45, 2.75) is 33.0 Å². The van der Waals surface area contributed by atoms with Crippen molar-refractivity contribution in [3.63, 3.8) is 0 Å². The second kappa shape index (κ2) is 9.05. The molecule has 7 nitrogen and oxygen atoms in total. The van der Waals surface area contributed by atoms with Gasteiger partial charge in [0.1, 0.15) is 5.92 Å². The summed E-state index contributed by atoms with van der Waals surface area (Å²) < 4.78 is 9.69. The fraction of sp³-hybridized carbons (Fsp3) is 0.474. The number of piperidine rings is 1. The van der Waals surface area contributed by atoms with Gasteiger partial charge in [-0.3, -0.25) is 14.3 Å². The van der Waals surface area contributed by atoms with Crippen LogP contribution < -0.4 is 4.90 Å². The van der Waals surface area contributed by atoms with Gasteiger partial charge in [0.05, 0.1) is 19.7 Å². The topological polar surface area (TPSA) is 66.4 Å². The predicted molar refractivity (Wildman–Crippen MR) is 105 cm³/mol. The first kappa shape index (κ1) is 19.4. The number of pyridine rings is 1. The zero-order chi connectivity index (χ0) is 19.2. The Hall–Kier alpha value is -2.32. The summed E-state index contributed by atoms with van der Waals surface area (Å²) in [6, 6.07) is 3.84. The average molecular weight is 389 g/mol. The fourth-order valence-electron chi connectivity index (χ4n) is 3.52. The van der Waals surface area contributed by atoms with Gasteiger partial charge in [-0.1, -0.05) is 6.08 Å². The smallest absolute Gasteiger partial charge is 0.314 e. The summed E-state index contributed by atoms with van der Waals surface area (Å²) in [6.07, 6.45) is 7.19. The molecule has 2 aromatic heterocycles. The molecule has 1 aliphatic heterocycles. The minimum Gasteiger partial charge on any atom is -0.466 e. The van der Waals surface area contributed by atoms with Crippen molar-refractivity contribution < 1.29 is 14.4 Å². The Morgan fingerprint density at radius 1 is 1.48 bits per heavy atom. The number of hydrogen-bond acceptors (Lipinski definition) is 5. The number of nitrogens with zero attached hydrogens (tertiary/aromatic N) is 4. The van der Waals surface area contributed by atoms with Gasteiger partial charge in [0.15, 0.2) is 12.5 Å². The van der Waals surface area contributed by atoms with E-state index in [0.29, 0.717) is 24.6 Å². The minimum atomic E-state index is -0.0899. The summed E-state index contributed by atoms with van der Waals surface area (Å²) in [4.78, 5) is 17.5. The van der Waals surface area contributed by atoms with Crippen LogP contribution in [-0.4, -0.2) is 45.0 Å². The van der Waals surface area contributed by atoms with Gasteiger partial charge in [-0.05, 0) is 44.1 Å². The lowest BCUT2D eigenvalue weighted by Crippen LogP contribution is -3.13. The molecule has 3 heterocycles. The number of likely N-dealkylation sites (tertiary alicyclic amines) is 1. The molecule has 8 heteroatoms. The van der Waals surface area contributed by atoms with Crippen molar-refractivity contribution in [3.05, 3.63) is 42.0 Å². The SMILES string of the molecule is C=CCn1c(-c2ccncc2)nn(C[NH+]2CCC[C@H](C(=O)OCC)C2)c1=S. The molecule has 27 heavy (non-hydrogen) atoms. The number of quaternary nitrogens is 1. The van der Waals surface area contributed by atoms with Crippen LogP contribution in [-0.2, 0) is 22.7 Å². The van der Waals surface area contributed by atoms with Gasteiger partial charge in [0, 0.05) is 24.5 Å². The maximum absolute atomic E-state index is 12.1. The van der Waals surface area contributed by atoms with Crippen LogP contribution in [0.1, 0.15) is 19.8 Å². The normalized spacial score (nSPS) is 19.6. The Morgan fingerprint density at radius 3 is 2.96 bits per heavy atom. The summed E-state index contributed by atoms with van der Waals surface area (Å²) in [7, 11) is 0. The van der Waals surface area contributed by atoms with Crippen molar-refractivity contribution in [1.29, 1.82) is 0 Å². The highest BCUT2D eigenvalue weighted by Gasteiger charge is 2.30. The fourth-order valence-corrected chi connectivity index (χ4v) is 3.79. The number of aromatic nitrogens is 4. The molecule has 3 rings (SSSR count). The van der Waals surface area contributed by atoms with Crippen molar-refractivity contribution in [3.8, 4) is 11.4 Å². The van der Waals surface area contributed by atoms with E-state index >= 15 is 0 Å². The number of ether oxygens (including phenoxy) is 1. The predicted octanol–water partition coefficient (Wildman–Crippen LogP) is 1.48. The number of nitrogens with one attached hydrogen (secondary N) is 1. The molecule has 0 spiro atoms. The second-order valence-corrected chi connectivity index (χ2v) is 7.06.